The van der Waals surface area contributed by atoms with E-state index in [1.54, 1.807) is 43.0 Å². The van der Waals surface area contributed by atoms with Crippen molar-refractivity contribution >= 4 is 58.4 Å². The number of hydrogen-bond donors (Lipinski definition) is 0. The summed E-state index contributed by atoms with van der Waals surface area (Å²) < 4.78 is 0. The Hall–Kier alpha value is -3.39. The maximum absolute atomic E-state index is 13.2. The lowest BCUT2D eigenvalue weighted by Gasteiger charge is -2.14. The Balaban J connectivity index is 1.38. The fraction of sp³-hybridized carbons (Fsp3) is 0.188. The first kappa shape index (κ1) is 29.6. The third-order valence-electron chi connectivity index (χ3n) is 6.00. The number of benzene rings is 3. The average molecular weight is 590 g/mol. The maximum atomic E-state index is 13.2. The van der Waals surface area contributed by atoms with Gasteiger partial charge in [0.25, 0.3) is 0 Å². The van der Waals surface area contributed by atoms with Gasteiger partial charge in [0.1, 0.15) is 5.71 Å². The largest absolute Gasteiger partial charge is 0.334 e. The van der Waals surface area contributed by atoms with Crippen molar-refractivity contribution in [3.63, 3.8) is 0 Å². The Morgan fingerprint density at radius 3 is 2.12 bits per heavy atom. The van der Waals surface area contributed by atoms with Gasteiger partial charge in [0, 0.05) is 49.6 Å². The molecule has 0 N–H and O–H groups in total. The van der Waals surface area contributed by atoms with Gasteiger partial charge in [0.15, 0.2) is 5.78 Å². The van der Waals surface area contributed by atoms with E-state index in [2.05, 4.69) is 5.16 Å². The number of halogens is 1. The Labute approximate surface area is 247 Å². The molecule has 0 spiro atoms. The molecule has 1 aliphatic carbocycles. The monoisotopic (exact) mass is 589 g/mol. The lowest BCUT2D eigenvalue weighted by Crippen LogP contribution is -2.17. The summed E-state index contributed by atoms with van der Waals surface area (Å²) in [6.45, 7) is 1.67. The molecule has 0 radical (unpaired) electrons. The van der Waals surface area contributed by atoms with E-state index in [1.807, 2.05) is 72.8 Å². The molecule has 1 atom stereocenters. The van der Waals surface area contributed by atoms with Gasteiger partial charge in [-0.15, -0.1) is 0 Å². The Kier molecular flexibility index (Phi) is 11.0. The summed E-state index contributed by atoms with van der Waals surface area (Å²) in [5, 5.41) is 4.93. The Morgan fingerprint density at radius 1 is 0.900 bits per heavy atom. The summed E-state index contributed by atoms with van der Waals surface area (Å²) in [7, 11) is 0. The highest BCUT2D eigenvalue weighted by molar-refractivity contribution is 8.00. The lowest BCUT2D eigenvalue weighted by molar-refractivity contribution is -0.143. The van der Waals surface area contributed by atoms with Gasteiger partial charge < -0.3 is 4.84 Å². The van der Waals surface area contributed by atoms with E-state index in [0.29, 0.717) is 28.9 Å². The van der Waals surface area contributed by atoms with Crippen LogP contribution in [0.4, 0.5) is 0 Å². The zero-order valence-electron chi connectivity index (χ0n) is 21.9. The van der Waals surface area contributed by atoms with Gasteiger partial charge in [0.2, 0.25) is 5.78 Å². The van der Waals surface area contributed by atoms with Crippen LogP contribution in [0.5, 0.6) is 0 Å². The highest BCUT2D eigenvalue weighted by atomic mass is 35.5. The molecule has 0 saturated carbocycles. The van der Waals surface area contributed by atoms with Crippen molar-refractivity contribution in [1.82, 2.24) is 0 Å². The second kappa shape index (κ2) is 14.8. The first-order valence-corrected chi connectivity index (χ1v) is 15.1. The summed E-state index contributed by atoms with van der Waals surface area (Å²) in [4.78, 5) is 44.5. The number of carbonyl (C=O) groups is 3. The molecular weight excluding hydrogens is 562 g/mol. The fourth-order valence-corrected chi connectivity index (χ4v) is 5.80. The van der Waals surface area contributed by atoms with E-state index >= 15 is 0 Å². The number of hydrogen-bond acceptors (Lipinski definition) is 7. The summed E-state index contributed by atoms with van der Waals surface area (Å²) in [5.41, 5.74) is 1.96. The first-order chi connectivity index (χ1) is 19.4. The van der Waals surface area contributed by atoms with Crippen LogP contribution in [0.3, 0.4) is 0 Å². The van der Waals surface area contributed by atoms with Gasteiger partial charge in [0.05, 0.1) is 0 Å². The predicted octanol–water partition coefficient (Wildman–Crippen LogP) is 8.14. The molecule has 5 nitrogen and oxygen atoms in total. The fourth-order valence-electron chi connectivity index (χ4n) is 3.78. The van der Waals surface area contributed by atoms with E-state index in [0.717, 1.165) is 21.2 Å². The molecule has 0 fully saturated rings. The minimum absolute atomic E-state index is 0.0167. The highest BCUT2D eigenvalue weighted by Crippen LogP contribution is 2.29. The maximum Gasteiger partial charge on any atom is 0.334 e. The number of Topliss-reactive ketones (excluding diaryl/α,β-unsaturated/α-hetero) is 1. The van der Waals surface area contributed by atoms with Gasteiger partial charge in [-0.05, 0) is 66.8 Å². The van der Waals surface area contributed by atoms with Crippen molar-refractivity contribution in [1.29, 1.82) is 0 Å². The number of ketones is 2. The zero-order valence-corrected chi connectivity index (χ0v) is 24.3. The molecule has 1 unspecified atom stereocenters. The van der Waals surface area contributed by atoms with Crippen molar-refractivity contribution in [3.05, 3.63) is 119 Å². The van der Waals surface area contributed by atoms with Crippen LogP contribution < -0.4 is 0 Å². The van der Waals surface area contributed by atoms with Crippen LogP contribution in [0.25, 0.3) is 0 Å². The summed E-state index contributed by atoms with van der Waals surface area (Å²) >= 11 is 9.23. The molecule has 3 aromatic carbocycles. The smallest absolute Gasteiger partial charge is 0.318 e. The van der Waals surface area contributed by atoms with Crippen molar-refractivity contribution in [2.75, 3.05) is 5.75 Å². The van der Waals surface area contributed by atoms with E-state index in [9.17, 15) is 14.4 Å². The molecule has 0 amide bonds. The van der Waals surface area contributed by atoms with Gasteiger partial charge in [-0.3, -0.25) is 9.59 Å². The van der Waals surface area contributed by atoms with E-state index in [-0.39, 0.29) is 28.9 Å². The van der Waals surface area contributed by atoms with Crippen molar-refractivity contribution < 1.29 is 19.2 Å². The third-order valence-corrected chi connectivity index (χ3v) is 8.51. The second-order valence-corrected chi connectivity index (χ2v) is 11.8. The summed E-state index contributed by atoms with van der Waals surface area (Å²) in [5.74, 6) is -0.133. The first-order valence-electron chi connectivity index (χ1n) is 12.9. The van der Waals surface area contributed by atoms with Crippen LogP contribution in [0, 0.1) is 0 Å². The van der Waals surface area contributed by atoms with Crippen molar-refractivity contribution in [2.24, 2.45) is 5.16 Å². The van der Waals surface area contributed by atoms with Crippen LogP contribution in [-0.4, -0.2) is 34.3 Å². The van der Waals surface area contributed by atoms with Crippen LogP contribution in [0.1, 0.15) is 52.5 Å². The van der Waals surface area contributed by atoms with Crippen LogP contribution in [0.2, 0.25) is 0 Å². The van der Waals surface area contributed by atoms with Gasteiger partial charge in [-0.1, -0.05) is 77.9 Å². The van der Waals surface area contributed by atoms with Crippen LogP contribution >= 0.6 is 35.1 Å². The number of nitrogens with zero attached hydrogens (tertiary/aromatic N) is 1. The summed E-state index contributed by atoms with van der Waals surface area (Å²) in [6, 6.07) is 23.9. The second-order valence-electron chi connectivity index (χ2n) is 8.87. The molecule has 1 aliphatic rings. The Morgan fingerprint density at radius 2 is 1.52 bits per heavy atom. The molecule has 4 rings (SSSR count). The van der Waals surface area contributed by atoms with E-state index in [4.69, 9.17) is 16.4 Å². The zero-order chi connectivity index (χ0) is 28.3. The van der Waals surface area contributed by atoms with Gasteiger partial charge in [-0.2, -0.15) is 11.8 Å². The normalized spacial score (nSPS) is 14.9. The molecule has 204 valence electrons. The molecule has 0 bridgehead atoms. The van der Waals surface area contributed by atoms with Crippen LogP contribution in [0.15, 0.2) is 117 Å². The molecule has 3 aromatic rings. The standard InChI is InChI=1S/C32H28ClNO4S2/c1-2-30(35)38-34-29(20-21-39-26-18-12-25(33)13-19-26)32(37)24-10-16-28(17-11-24)40-27-14-8-23(9-15-27)31(36)22-6-4-3-5-7-22/h3-18,26H,2,19-21H2,1H3/b34-29+. The highest BCUT2D eigenvalue weighted by Gasteiger charge is 2.18. The SMILES string of the molecule is CCC(=O)O/N=C(\CCSC1C=CC(Cl)=CC1)C(=O)c1ccc(Sc2ccc(C(=O)c3ccccc3)cc2)cc1. The predicted molar refractivity (Wildman–Crippen MR) is 164 cm³/mol. The number of carbonyl (C=O) groups excluding carboxylic acids is 3. The summed E-state index contributed by atoms with van der Waals surface area (Å²) in [6.07, 6.45) is 7.27. The third kappa shape index (κ3) is 8.55. The number of oxime groups is 1. The minimum atomic E-state index is -0.490. The number of thioether (sulfide) groups is 1. The molecular formula is C32H28ClNO4S2. The van der Waals surface area contributed by atoms with Gasteiger partial charge in [-0.25, -0.2) is 4.79 Å². The van der Waals surface area contributed by atoms with Crippen molar-refractivity contribution in [3.8, 4) is 0 Å². The molecule has 8 heteroatoms. The number of rotatable bonds is 12. The number of allylic oxidation sites excluding steroid dienone is 3. The van der Waals surface area contributed by atoms with Crippen LogP contribution in [-0.2, 0) is 9.63 Å². The Bertz CT molecular complexity index is 1430. The van der Waals surface area contributed by atoms with Crippen molar-refractivity contribution in [2.45, 2.75) is 41.2 Å². The van der Waals surface area contributed by atoms with E-state index in [1.165, 1.54) is 11.8 Å². The molecule has 40 heavy (non-hydrogen) atoms. The quantitative estimate of drug-likeness (QED) is 0.0919. The average Bonchev–Trinajstić information content (AvgIpc) is 3.00. The molecule has 0 heterocycles. The van der Waals surface area contributed by atoms with E-state index < -0.39 is 5.97 Å². The molecule has 0 aliphatic heterocycles. The molecule has 0 aromatic heterocycles. The minimum Gasteiger partial charge on any atom is -0.318 e. The lowest BCUT2D eigenvalue weighted by atomic mass is 10.0. The van der Waals surface area contributed by atoms with Gasteiger partial charge >= 0.3 is 5.97 Å². The topological polar surface area (TPSA) is 72.8 Å². The molecule has 0 saturated heterocycles.